The molecule has 14 heavy (non-hydrogen) atoms. The molecule has 66 valence electrons. The molecule has 0 spiro atoms. The Morgan fingerprint density at radius 2 is 1.86 bits per heavy atom. The van der Waals surface area contributed by atoms with E-state index >= 15 is 0 Å². The Bertz CT molecular complexity index is 508. The predicted molar refractivity (Wildman–Crippen MR) is 59.7 cm³/mol. The zero-order chi connectivity index (χ0) is 10.1. The molecule has 0 aliphatic rings. The maximum atomic E-state index is 10.8. The van der Waals surface area contributed by atoms with Gasteiger partial charge in [0.05, 0.1) is 0 Å². The Hall–Kier alpha value is -1.28. The first-order chi connectivity index (χ1) is 6.74. The van der Waals surface area contributed by atoms with Crippen LogP contribution in [0.3, 0.4) is 0 Å². The first-order valence-corrected chi connectivity index (χ1v) is 4.53. The summed E-state index contributed by atoms with van der Waals surface area (Å²) in [7, 11) is 5.68. The molecule has 0 aliphatic heterocycles. The Kier molecular flexibility index (Phi) is 2.30. The largest absolute Gasteiger partial charge is 0.298 e. The molecule has 0 amide bonds. The van der Waals surface area contributed by atoms with E-state index in [1.165, 1.54) is 0 Å². The quantitative estimate of drug-likeness (QED) is 0.509. The number of carbonyl (C=O) groups is 1. The van der Waals surface area contributed by atoms with Crippen molar-refractivity contribution in [3.05, 3.63) is 40.9 Å². The zero-order valence-corrected chi connectivity index (χ0v) is 8.08. The van der Waals surface area contributed by atoms with Crippen LogP contribution >= 0.6 is 11.6 Å². The van der Waals surface area contributed by atoms with Gasteiger partial charge in [-0.05, 0) is 11.5 Å². The van der Waals surface area contributed by atoms with Gasteiger partial charge in [-0.2, -0.15) is 0 Å². The predicted octanol–water partition coefficient (Wildman–Crippen LogP) is 2.10. The number of halogens is 1. The summed E-state index contributed by atoms with van der Waals surface area (Å²) in [5.74, 6) is 0. The minimum atomic E-state index is 0.420. The van der Waals surface area contributed by atoms with Crippen LogP contribution in [-0.4, -0.2) is 14.1 Å². The van der Waals surface area contributed by atoms with Crippen molar-refractivity contribution in [1.29, 1.82) is 0 Å². The van der Waals surface area contributed by atoms with E-state index in [2.05, 4.69) is 0 Å². The highest BCUT2D eigenvalue weighted by Gasteiger charge is 2.06. The number of fused-ring (bicyclic) bond motifs is 1. The van der Waals surface area contributed by atoms with Crippen molar-refractivity contribution in [2.45, 2.75) is 0 Å². The monoisotopic (exact) mass is 200 g/mol. The third-order valence-electron chi connectivity index (χ3n) is 2.19. The molecule has 2 rings (SSSR count). The lowest BCUT2D eigenvalue weighted by Crippen LogP contribution is -2.10. The molecule has 3 heteroatoms. The summed E-state index contributed by atoms with van der Waals surface area (Å²) in [6.45, 7) is 0. The Labute approximate surface area is 88.1 Å². The summed E-state index contributed by atoms with van der Waals surface area (Å²) in [5, 5.41) is 2.22. The number of rotatable bonds is 1. The molecule has 0 fully saturated rings. The number of hydrogen-bond acceptors (Lipinski definition) is 1. The molecule has 1 nitrogen and oxygen atoms in total. The molecule has 2 aromatic carbocycles. The van der Waals surface area contributed by atoms with Gasteiger partial charge in [0, 0.05) is 16.0 Å². The maximum Gasteiger partial charge on any atom is 0.150 e. The molecule has 0 saturated carbocycles. The molecular formula is C11H6BClO. The molecule has 0 heterocycles. The first kappa shape index (κ1) is 9.29. The van der Waals surface area contributed by atoms with Crippen LogP contribution in [0.5, 0.6) is 0 Å². The molecule has 2 aromatic rings. The number of carbonyl (C=O) groups excluding carboxylic acids is 1. The zero-order valence-electron chi connectivity index (χ0n) is 7.33. The van der Waals surface area contributed by atoms with Gasteiger partial charge >= 0.3 is 0 Å². The summed E-state index contributed by atoms with van der Waals surface area (Å²) in [4.78, 5) is 10.8. The van der Waals surface area contributed by atoms with Crippen molar-refractivity contribution in [1.82, 2.24) is 0 Å². The fraction of sp³-hybridized carbons (Fsp3) is 0. The first-order valence-electron chi connectivity index (χ1n) is 4.16. The third-order valence-corrected chi connectivity index (χ3v) is 2.50. The standard InChI is InChI=1S/C11H6BClO/c12-10-5-11(13)8-4-2-1-3-7(8)9(10)6-14/h1-6H. The smallest absolute Gasteiger partial charge is 0.150 e. The second-order valence-corrected chi connectivity index (χ2v) is 3.43. The lowest BCUT2D eigenvalue weighted by Gasteiger charge is -2.06. The van der Waals surface area contributed by atoms with Crippen LogP contribution in [0.2, 0.25) is 5.02 Å². The lowest BCUT2D eigenvalue weighted by molar-refractivity contribution is 0.112. The normalized spacial score (nSPS) is 10.4. The molecule has 0 N–H and O–H groups in total. The summed E-state index contributed by atoms with van der Waals surface area (Å²) in [6, 6.07) is 9.03. The van der Waals surface area contributed by atoms with E-state index in [1.807, 2.05) is 24.3 Å². The fourth-order valence-corrected chi connectivity index (χ4v) is 1.79. The van der Waals surface area contributed by atoms with Gasteiger partial charge in [0.25, 0.3) is 0 Å². The van der Waals surface area contributed by atoms with Crippen molar-refractivity contribution in [2.75, 3.05) is 0 Å². The van der Waals surface area contributed by atoms with Gasteiger partial charge in [-0.1, -0.05) is 41.3 Å². The van der Waals surface area contributed by atoms with Crippen LogP contribution in [0.15, 0.2) is 30.3 Å². The van der Waals surface area contributed by atoms with Crippen LogP contribution in [0.1, 0.15) is 10.4 Å². The van der Waals surface area contributed by atoms with Crippen molar-refractivity contribution in [3.63, 3.8) is 0 Å². The van der Waals surface area contributed by atoms with Gasteiger partial charge in [0.1, 0.15) is 14.1 Å². The van der Waals surface area contributed by atoms with E-state index in [-0.39, 0.29) is 0 Å². The Morgan fingerprint density at radius 3 is 2.50 bits per heavy atom. The Balaban J connectivity index is 2.97. The van der Waals surface area contributed by atoms with Gasteiger partial charge in [-0.25, -0.2) is 0 Å². The molecule has 0 unspecified atom stereocenters. The lowest BCUT2D eigenvalue weighted by atomic mass is 9.87. The molecule has 0 atom stereocenters. The molecular weight excluding hydrogens is 194 g/mol. The highest BCUT2D eigenvalue weighted by molar-refractivity contribution is 6.42. The average molecular weight is 200 g/mol. The van der Waals surface area contributed by atoms with Crippen LogP contribution in [0.25, 0.3) is 10.8 Å². The second-order valence-electron chi connectivity index (χ2n) is 3.02. The van der Waals surface area contributed by atoms with E-state index in [9.17, 15) is 4.79 Å². The van der Waals surface area contributed by atoms with Crippen molar-refractivity contribution in [3.8, 4) is 0 Å². The van der Waals surface area contributed by atoms with Crippen LogP contribution in [0.4, 0.5) is 0 Å². The van der Waals surface area contributed by atoms with Crippen LogP contribution < -0.4 is 5.46 Å². The highest BCUT2D eigenvalue weighted by Crippen LogP contribution is 2.23. The second kappa shape index (κ2) is 3.47. The van der Waals surface area contributed by atoms with Crippen molar-refractivity contribution < 1.29 is 4.79 Å². The Morgan fingerprint density at radius 1 is 1.21 bits per heavy atom. The van der Waals surface area contributed by atoms with Crippen LogP contribution in [-0.2, 0) is 0 Å². The van der Waals surface area contributed by atoms with E-state index in [4.69, 9.17) is 19.4 Å². The molecule has 0 aliphatic carbocycles. The molecule has 0 bridgehead atoms. The number of hydrogen-bond donors (Lipinski definition) is 0. The highest BCUT2D eigenvalue weighted by atomic mass is 35.5. The van der Waals surface area contributed by atoms with Gasteiger partial charge in [0.15, 0.2) is 0 Å². The van der Waals surface area contributed by atoms with E-state index in [1.54, 1.807) is 6.07 Å². The van der Waals surface area contributed by atoms with E-state index in [0.717, 1.165) is 17.1 Å². The van der Waals surface area contributed by atoms with Crippen molar-refractivity contribution >= 4 is 42.0 Å². The van der Waals surface area contributed by atoms with E-state index in [0.29, 0.717) is 16.0 Å². The number of aldehydes is 1. The molecule has 0 aromatic heterocycles. The summed E-state index contributed by atoms with van der Waals surface area (Å²) in [5.41, 5.74) is 0.925. The van der Waals surface area contributed by atoms with Crippen molar-refractivity contribution in [2.24, 2.45) is 0 Å². The van der Waals surface area contributed by atoms with Gasteiger partial charge in [-0.3, -0.25) is 4.79 Å². The average Bonchev–Trinajstić information content (AvgIpc) is 2.18. The van der Waals surface area contributed by atoms with Gasteiger partial charge in [0.2, 0.25) is 0 Å². The topological polar surface area (TPSA) is 17.1 Å². The molecule has 0 saturated heterocycles. The van der Waals surface area contributed by atoms with Gasteiger partial charge in [-0.15, -0.1) is 0 Å². The summed E-state index contributed by atoms with van der Waals surface area (Å²) in [6.07, 6.45) is 0.758. The minimum Gasteiger partial charge on any atom is -0.298 e. The maximum absolute atomic E-state index is 10.8. The third kappa shape index (κ3) is 1.32. The summed E-state index contributed by atoms with van der Waals surface area (Å²) < 4.78 is 0. The summed E-state index contributed by atoms with van der Waals surface area (Å²) >= 11 is 6.00. The molecule has 2 radical (unpaired) electrons. The SMILES string of the molecule is [B]c1cc(Cl)c2ccccc2c1C=O. The van der Waals surface area contributed by atoms with Crippen LogP contribution in [0, 0.1) is 0 Å². The van der Waals surface area contributed by atoms with Gasteiger partial charge < -0.3 is 0 Å². The number of benzene rings is 2. The fourth-order valence-electron chi connectivity index (χ4n) is 1.51. The minimum absolute atomic E-state index is 0.420. The van der Waals surface area contributed by atoms with E-state index < -0.39 is 0 Å².